The Bertz CT molecular complexity index is 553. The zero-order chi connectivity index (χ0) is 13.0. The summed E-state index contributed by atoms with van der Waals surface area (Å²) in [6, 6.07) is 7.13. The molecule has 1 aromatic heterocycles. The lowest BCUT2D eigenvalue weighted by Crippen LogP contribution is -2.08. The Morgan fingerprint density at radius 2 is 2.28 bits per heavy atom. The lowest BCUT2D eigenvalue weighted by atomic mass is 10.3. The highest BCUT2D eigenvalue weighted by molar-refractivity contribution is 7.84. The zero-order valence-electron chi connectivity index (χ0n) is 10.2. The summed E-state index contributed by atoms with van der Waals surface area (Å²) in [5, 5.41) is 4.12. The SMILES string of the molecule is CCCn1ncnc1CS(=O)c1cccc(N)c1. The van der Waals surface area contributed by atoms with E-state index >= 15 is 0 Å². The van der Waals surface area contributed by atoms with Gasteiger partial charge in [0.05, 0.1) is 16.6 Å². The monoisotopic (exact) mass is 264 g/mol. The Kier molecular flexibility index (Phi) is 4.09. The van der Waals surface area contributed by atoms with Gasteiger partial charge in [-0.25, -0.2) is 9.67 Å². The molecular formula is C12H16N4OS. The highest BCUT2D eigenvalue weighted by atomic mass is 32.2. The minimum Gasteiger partial charge on any atom is -0.399 e. The summed E-state index contributed by atoms with van der Waals surface area (Å²) in [7, 11) is -1.14. The van der Waals surface area contributed by atoms with Crippen molar-refractivity contribution < 1.29 is 4.21 Å². The number of hydrogen-bond donors (Lipinski definition) is 1. The summed E-state index contributed by atoms with van der Waals surface area (Å²) in [5.41, 5.74) is 6.30. The van der Waals surface area contributed by atoms with Crippen LogP contribution >= 0.6 is 0 Å². The molecule has 2 N–H and O–H groups in total. The maximum atomic E-state index is 12.2. The van der Waals surface area contributed by atoms with Crippen LogP contribution in [0.2, 0.25) is 0 Å². The second kappa shape index (κ2) is 5.77. The third-order valence-electron chi connectivity index (χ3n) is 2.51. The van der Waals surface area contributed by atoms with Gasteiger partial charge in [0.25, 0.3) is 0 Å². The summed E-state index contributed by atoms with van der Waals surface area (Å²) in [4.78, 5) is 4.87. The quantitative estimate of drug-likeness (QED) is 0.832. The summed E-state index contributed by atoms with van der Waals surface area (Å²) in [5.74, 6) is 1.11. The first-order chi connectivity index (χ1) is 8.70. The van der Waals surface area contributed by atoms with E-state index in [-0.39, 0.29) is 0 Å². The van der Waals surface area contributed by atoms with Crippen molar-refractivity contribution in [3.05, 3.63) is 36.4 Å². The highest BCUT2D eigenvalue weighted by Crippen LogP contribution is 2.14. The molecule has 0 radical (unpaired) electrons. The van der Waals surface area contributed by atoms with Crippen molar-refractivity contribution in [3.8, 4) is 0 Å². The van der Waals surface area contributed by atoms with Crippen molar-refractivity contribution in [2.45, 2.75) is 30.5 Å². The van der Waals surface area contributed by atoms with E-state index in [1.54, 1.807) is 22.9 Å². The molecule has 0 saturated heterocycles. The second-order valence-corrected chi connectivity index (χ2v) is 5.41. The van der Waals surface area contributed by atoms with Crippen LogP contribution in [0, 0.1) is 0 Å². The van der Waals surface area contributed by atoms with Crippen LogP contribution in [-0.2, 0) is 23.1 Å². The molecule has 6 heteroatoms. The average Bonchev–Trinajstić information content (AvgIpc) is 2.77. The minimum absolute atomic E-state index is 0.365. The van der Waals surface area contributed by atoms with E-state index in [2.05, 4.69) is 17.0 Å². The van der Waals surface area contributed by atoms with Crippen LogP contribution in [0.4, 0.5) is 5.69 Å². The predicted molar refractivity (Wildman–Crippen MR) is 71.3 cm³/mol. The fraction of sp³-hybridized carbons (Fsp3) is 0.333. The molecule has 0 amide bonds. The Morgan fingerprint density at radius 3 is 3.00 bits per heavy atom. The number of anilines is 1. The molecule has 0 spiro atoms. The van der Waals surface area contributed by atoms with Crippen molar-refractivity contribution in [2.75, 3.05) is 5.73 Å². The Morgan fingerprint density at radius 1 is 1.44 bits per heavy atom. The van der Waals surface area contributed by atoms with Crippen LogP contribution in [0.25, 0.3) is 0 Å². The summed E-state index contributed by atoms with van der Waals surface area (Å²) < 4.78 is 14.0. The van der Waals surface area contributed by atoms with Crippen molar-refractivity contribution in [1.82, 2.24) is 14.8 Å². The fourth-order valence-electron chi connectivity index (χ4n) is 1.66. The molecule has 2 rings (SSSR count). The van der Waals surface area contributed by atoms with E-state index < -0.39 is 10.8 Å². The standard InChI is InChI=1S/C12H16N4OS/c1-2-6-16-12(14-9-15-16)8-18(17)11-5-3-4-10(13)7-11/h3-5,7,9H,2,6,8,13H2,1H3. The molecule has 0 aliphatic rings. The molecule has 1 heterocycles. The number of nitrogen functional groups attached to an aromatic ring is 1. The van der Waals surface area contributed by atoms with E-state index in [1.807, 2.05) is 6.07 Å². The number of aromatic nitrogens is 3. The van der Waals surface area contributed by atoms with E-state index in [9.17, 15) is 4.21 Å². The topological polar surface area (TPSA) is 73.8 Å². The van der Waals surface area contributed by atoms with Crippen molar-refractivity contribution in [1.29, 1.82) is 0 Å². The first kappa shape index (κ1) is 12.8. The number of nitrogens with two attached hydrogens (primary N) is 1. The molecule has 1 atom stereocenters. The highest BCUT2D eigenvalue weighted by Gasteiger charge is 2.10. The molecule has 1 unspecified atom stereocenters. The molecule has 0 aliphatic carbocycles. The maximum absolute atomic E-state index is 12.2. The van der Waals surface area contributed by atoms with Crippen molar-refractivity contribution in [3.63, 3.8) is 0 Å². The molecule has 18 heavy (non-hydrogen) atoms. The largest absolute Gasteiger partial charge is 0.399 e. The third kappa shape index (κ3) is 2.95. The third-order valence-corrected chi connectivity index (χ3v) is 3.81. The van der Waals surface area contributed by atoms with Gasteiger partial charge in [-0.1, -0.05) is 13.0 Å². The van der Waals surface area contributed by atoms with E-state index in [1.165, 1.54) is 6.33 Å². The maximum Gasteiger partial charge on any atom is 0.139 e. The van der Waals surface area contributed by atoms with E-state index in [0.29, 0.717) is 11.4 Å². The van der Waals surface area contributed by atoms with Crippen LogP contribution in [0.1, 0.15) is 19.2 Å². The number of hydrogen-bond acceptors (Lipinski definition) is 4. The molecular weight excluding hydrogens is 248 g/mol. The normalized spacial score (nSPS) is 12.5. The Labute approximate surface area is 108 Å². The molecule has 0 fully saturated rings. The Balaban J connectivity index is 2.14. The second-order valence-electron chi connectivity index (χ2n) is 3.96. The first-order valence-corrected chi connectivity index (χ1v) is 7.13. The molecule has 5 nitrogen and oxygen atoms in total. The molecule has 1 aromatic carbocycles. The van der Waals surface area contributed by atoms with Gasteiger partial charge in [-0.2, -0.15) is 5.10 Å². The first-order valence-electron chi connectivity index (χ1n) is 5.81. The van der Waals surface area contributed by atoms with E-state index in [0.717, 1.165) is 23.7 Å². The van der Waals surface area contributed by atoms with Gasteiger partial charge < -0.3 is 5.73 Å². The van der Waals surface area contributed by atoms with Crippen LogP contribution in [0.15, 0.2) is 35.5 Å². The van der Waals surface area contributed by atoms with Gasteiger partial charge in [0.15, 0.2) is 0 Å². The van der Waals surface area contributed by atoms with Gasteiger partial charge in [0.2, 0.25) is 0 Å². The number of benzene rings is 1. The van der Waals surface area contributed by atoms with Gasteiger partial charge in [-0.05, 0) is 24.6 Å². The molecule has 0 aliphatic heterocycles. The lowest BCUT2D eigenvalue weighted by molar-refractivity contribution is 0.579. The summed E-state index contributed by atoms with van der Waals surface area (Å²) >= 11 is 0. The van der Waals surface area contributed by atoms with Crippen LogP contribution in [0.5, 0.6) is 0 Å². The molecule has 0 saturated carbocycles. The lowest BCUT2D eigenvalue weighted by Gasteiger charge is -2.05. The predicted octanol–water partition coefficient (Wildman–Crippen LogP) is 1.58. The van der Waals surface area contributed by atoms with Gasteiger partial charge in [-0.3, -0.25) is 4.21 Å². The van der Waals surface area contributed by atoms with Crippen molar-refractivity contribution in [2.24, 2.45) is 0 Å². The Hall–Kier alpha value is -1.69. The van der Waals surface area contributed by atoms with Crippen LogP contribution < -0.4 is 5.73 Å². The van der Waals surface area contributed by atoms with Crippen LogP contribution in [-0.4, -0.2) is 19.0 Å². The number of aryl methyl sites for hydroxylation is 1. The molecule has 0 bridgehead atoms. The van der Waals surface area contributed by atoms with Crippen LogP contribution in [0.3, 0.4) is 0 Å². The zero-order valence-corrected chi connectivity index (χ0v) is 11.1. The van der Waals surface area contributed by atoms with Gasteiger partial charge >= 0.3 is 0 Å². The number of nitrogens with zero attached hydrogens (tertiary/aromatic N) is 3. The van der Waals surface area contributed by atoms with Gasteiger partial charge in [0, 0.05) is 17.1 Å². The number of rotatable bonds is 5. The molecule has 96 valence electrons. The van der Waals surface area contributed by atoms with Gasteiger partial charge in [0.1, 0.15) is 12.2 Å². The fourth-order valence-corrected chi connectivity index (χ4v) is 2.78. The van der Waals surface area contributed by atoms with E-state index in [4.69, 9.17) is 5.73 Å². The van der Waals surface area contributed by atoms with Crippen molar-refractivity contribution >= 4 is 16.5 Å². The summed E-state index contributed by atoms with van der Waals surface area (Å²) in [6.07, 6.45) is 2.48. The molecule has 2 aromatic rings. The minimum atomic E-state index is -1.14. The average molecular weight is 264 g/mol. The van der Waals surface area contributed by atoms with Gasteiger partial charge in [-0.15, -0.1) is 0 Å². The smallest absolute Gasteiger partial charge is 0.139 e. The summed E-state index contributed by atoms with van der Waals surface area (Å²) in [6.45, 7) is 2.86.